The lowest BCUT2D eigenvalue weighted by Gasteiger charge is -2.10. The summed E-state index contributed by atoms with van der Waals surface area (Å²) in [7, 11) is 0. The first-order chi connectivity index (χ1) is 7.54. The third kappa shape index (κ3) is 3.86. The van der Waals surface area contributed by atoms with Crippen molar-refractivity contribution in [2.45, 2.75) is 6.10 Å². The first kappa shape index (κ1) is 13.6. The number of amides is 1. The van der Waals surface area contributed by atoms with Crippen LogP contribution in [0.4, 0.5) is 0 Å². The van der Waals surface area contributed by atoms with E-state index in [0.717, 1.165) is 4.47 Å². The number of hydrogen-bond donors (Lipinski definition) is 3. The third-order valence-electron chi connectivity index (χ3n) is 1.88. The maximum atomic E-state index is 11.6. The van der Waals surface area contributed by atoms with Crippen LogP contribution >= 0.6 is 31.9 Å². The van der Waals surface area contributed by atoms with Gasteiger partial charge < -0.3 is 15.5 Å². The van der Waals surface area contributed by atoms with Crippen LogP contribution in [0.2, 0.25) is 0 Å². The van der Waals surface area contributed by atoms with E-state index < -0.39 is 6.10 Å². The molecule has 0 fully saturated rings. The smallest absolute Gasteiger partial charge is 0.252 e. The summed E-state index contributed by atoms with van der Waals surface area (Å²) in [4.78, 5) is 11.6. The van der Waals surface area contributed by atoms with Gasteiger partial charge in [-0.15, -0.1) is 0 Å². The van der Waals surface area contributed by atoms with Gasteiger partial charge in [0.1, 0.15) is 0 Å². The summed E-state index contributed by atoms with van der Waals surface area (Å²) in [6.07, 6.45) is -0.932. The van der Waals surface area contributed by atoms with Crippen LogP contribution in [-0.2, 0) is 0 Å². The first-order valence-corrected chi connectivity index (χ1v) is 6.15. The van der Waals surface area contributed by atoms with Gasteiger partial charge in [-0.3, -0.25) is 4.79 Å². The molecule has 0 heterocycles. The number of halogens is 2. The van der Waals surface area contributed by atoms with Gasteiger partial charge in [-0.25, -0.2) is 0 Å². The van der Waals surface area contributed by atoms with Crippen LogP contribution < -0.4 is 5.32 Å². The summed E-state index contributed by atoms with van der Waals surface area (Å²) in [5, 5.41) is 20.2. The summed E-state index contributed by atoms with van der Waals surface area (Å²) in [6.45, 7) is -0.348. The van der Waals surface area contributed by atoms with Gasteiger partial charge in [-0.05, 0) is 34.1 Å². The predicted octanol–water partition coefficient (Wildman–Crippen LogP) is 1.29. The van der Waals surface area contributed by atoms with Gasteiger partial charge in [0.05, 0.1) is 18.3 Å². The van der Waals surface area contributed by atoms with Crippen LogP contribution in [-0.4, -0.2) is 35.4 Å². The molecule has 6 heteroatoms. The lowest BCUT2D eigenvalue weighted by atomic mass is 10.2. The molecule has 1 rings (SSSR count). The van der Waals surface area contributed by atoms with Gasteiger partial charge in [-0.2, -0.15) is 0 Å². The highest BCUT2D eigenvalue weighted by Gasteiger charge is 2.11. The standard InChI is InChI=1S/C10H11Br2NO3/c11-6-1-2-8(9(12)3-6)10(16)13-4-7(15)5-14/h1-3,7,14-15H,4-5H2,(H,13,16). The predicted molar refractivity (Wildman–Crippen MR) is 67.3 cm³/mol. The van der Waals surface area contributed by atoms with Crippen molar-refractivity contribution in [1.82, 2.24) is 5.32 Å². The molecule has 0 aromatic heterocycles. The van der Waals surface area contributed by atoms with E-state index in [9.17, 15) is 4.79 Å². The molecule has 0 bridgehead atoms. The molecule has 0 saturated carbocycles. The van der Waals surface area contributed by atoms with Crippen molar-refractivity contribution in [3.8, 4) is 0 Å². The molecule has 0 radical (unpaired) electrons. The third-order valence-corrected chi connectivity index (χ3v) is 3.03. The van der Waals surface area contributed by atoms with E-state index in [1.54, 1.807) is 18.2 Å². The topological polar surface area (TPSA) is 69.6 Å². The van der Waals surface area contributed by atoms with Crippen molar-refractivity contribution in [3.63, 3.8) is 0 Å². The van der Waals surface area contributed by atoms with Gasteiger partial charge in [0, 0.05) is 15.5 Å². The zero-order chi connectivity index (χ0) is 12.1. The molecule has 88 valence electrons. The fourth-order valence-corrected chi connectivity index (χ4v) is 2.27. The number of carbonyl (C=O) groups excluding carboxylic acids is 1. The average molecular weight is 353 g/mol. The summed E-state index contributed by atoms with van der Waals surface area (Å²) in [5.41, 5.74) is 0.480. The first-order valence-electron chi connectivity index (χ1n) is 4.56. The monoisotopic (exact) mass is 351 g/mol. The Morgan fingerprint density at radius 1 is 1.44 bits per heavy atom. The van der Waals surface area contributed by atoms with E-state index in [0.29, 0.717) is 10.0 Å². The molecule has 0 aliphatic carbocycles. The lowest BCUT2D eigenvalue weighted by Crippen LogP contribution is -2.34. The average Bonchev–Trinajstić information content (AvgIpc) is 2.25. The molecule has 4 nitrogen and oxygen atoms in total. The molecule has 1 aromatic carbocycles. The van der Waals surface area contributed by atoms with E-state index in [4.69, 9.17) is 10.2 Å². The minimum atomic E-state index is -0.932. The second-order valence-electron chi connectivity index (χ2n) is 3.17. The lowest BCUT2D eigenvalue weighted by molar-refractivity contribution is 0.0801. The van der Waals surface area contributed by atoms with Crippen LogP contribution in [0.1, 0.15) is 10.4 Å². The number of nitrogens with one attached hydrogen (secondary N) is 1. The van der Waals surface area contributed by atoms with E-state index in [2.05, 4.69) is 37.2 Å². The molecule has 0 aliphatic rings. The normalized spacial score (nSPS) is 12.2. The Morgan fingerprint density at radius 3 is 2.69 bits per heavy atom. The summed E-state index contributed by atoms with van der Waals surface area (Å²) < 4.78 is 1.53. The minimum Gasteiger partial charge on any atom is -0.394 e. The fourth-order valence-electron chi connectivity index (χ4n) is 1.04. The maximum Gasteiger partial charge on any atom is 0.252 e. The van der Waals surface area contributed by atoms with Crippen LogP contribution in [0.3, 0.4) is 0 Å². The Morgan fingerprint density at radius 2 is 2.12 bits per heavy atom. The Kier molecular flexibility index (Phi) is 5.40. The number of carbonyl (C=O) groups is 1. The summed E-state index contributed by atoms with van der Waals surface area (Å²) in [6, 6.07) is 5.17. The fraction of sp³-hybridized carbons (Fsp3) is 0.300. The van der Waals surface area contributed by atoms with E-state index >= 15 is 0 Å². The highest BCUT2D eigenvalue weighted by molar-refractivity contribution is 9.11. The molecule has 0 aliphatic heterocycles. The van der Waals surface area contributed by atoms with Gasteiger partial charge in [-0.1, -0.05) is 15.9 Å². The van der Waals surface area contributed by atoms with Crippen molar-refractivity contribution in [2.75, 3.05) is 13.2 Å². The number of hydrogen-bond acceptors (Lipinski definition) is 3. The van der Waals surface area contributed by atoms with Crippen molar-refractivity contribution in [1.29, 1.82) is 0 Å². The van der Waals surface area contributed by atoms with Crippen molar-refractivity contribution >= 4 is 37.8 Å². The van der Waals surface area contributed by atoms with Crippen LogP contribution in [0.15, 0.2) is 27.1 Å². The molecule has 0 saturated heterocycles. The molecule has 1 unspecified atom stereocenters. The van der Waals surface area contributed by atoms with Crippen molar-refractivity contribution in [2.24, 2.45) is 0 Å². The van der Waals surface area contributed by atoms with Crippen LogP contribution in [0, 0.1) is 0 Å². The minimum absolute atomic E-state index is 0.0256. The maximum absolute atomic E-state index is 11.6. The van der Waals surface area contributed by atoms with Gasteiger partial charge in [0.2, 0.25) is 0 Å². The number of rotatable bonds is 4. The molecular weight excluding hydrogens is 342 g/mol. The largest absolute Gasteiger partial charge is 0.394 e. The molecule has 1 atom stereocenters. The van der Waals surface area contributed by atoms with Gasteiger partial charge in [0.15, 0.2) is 0 Å². The Bertz CT molecular complexity index is 384. The van der Waals surface area contributed by atoms with Gasteiger partial charge in [0.25, 0.3) is 5.91 Å². The van der Waals surface area contributed by atoms with Crippen molar-refractivity contribution in [3.05, 3.63) is 32.7 Å². The summed E-state index contributed by atoms with van der Waals surface area (Å²) in [5.74, 6) is -0.299. The molecule has 16 heavy (non-hydrogen) atoms. The van der Waals surface area contributed by atoms with Gasteiger partial charge >= 0.3 is 0 Å². The molecule has 1 aromatic rings. The zero-order valence-electron chi connectivity index (χ0n) is 8.28. The second kappa shape index (κ2) is 6.34. The number of benzene rings is 1. The van der Waals surface area contributed by atoms with E-state index in [-0.39, 0.29) is 19.1 Å². The van der Waals surface area contributed by atoms with Crippen LogP contribution in [0.25, 0.3) is 0 Å². The molecule has 0 spiro atoms. The molecular formula is C10H11Br2NO3. The number of aliphatic hydroxyl groups excluding tert-OH is 2. The highest BCUT2D eigenvalue weighted by Crippen LogP contribution is 2.21. The number of aliphatic hydroxyl groups is 2. The van der Waals surface area contributed by atoms with E-state index in [1.165, 1.54) is 0 Å². The van der Waals surface area contributed by atoms with Crippen molar-refractivity contribution < 1.29 is 15.0 Å². The highest BCUT2D eigenvalue weighted by atomic mass is 79.9. The second-order valence-corrected chi connectivity index (χ2v) is 4.94. The quantitative estimate of drug-likeness (QED) is 0.764. The van der Waals surface area contributed by atoms with Crippen LogP contribution in [0.5, 0.6) is 0 Å². The zero-order valence-corrected chi connectivity index (χ0v) is 11.5. The SMILES string of the molecule is O=C(NCC(O)CO)c1ccc(Br)cc1Br. The Hall–Kier alpha value is -0.430. The Balaban J connectivity index is 2.66. The summed E-state index contributed by atoms with van der Waals surface area (Å²) >= 11 is 6.55. The van der Waals surface area contributed by atoms with E-state index in [1.807, 2.05) is 0 Å². The molecule has 1 amide bonds. The Labute approximate surface area is 110 Å². The molecule has 3 N–H and O–H groups in total.